The van der Waals surface area contributed by atoms with E-state index in [0.717, 1.165) is 6.54 Å². The molecule has 2 nitrogen and oxygen atoms in total. The van der Waals surface area contributed by atoms with E-state index < -0.39 is 0 Å². The number of hydrogen-bond acceptors (Lipinski definition) is 2. The quantitative estimate of drug-likeness (QED) is 0.465. The van der Waals surface area contributed by atoms with E-state index >= 15 is 0 Å². The van der Waals surface area contributed by atoms with Gasteiger partial charge in [-0.2, -0.15) is 5.26 Å². The molecule has 1 aliphatic heterocycles. The molecule has 38 valence electrons. The summed E-state index contributed by atoms with van der Waals surface area (Å²) in [5.74, 6) is 0.278. The van der Waals surface area contributed by atoms with Gasteiger partial charge in [-0.3, -0.25) is 0 Å². The molecule has 1 aliphatic rings. The zero-order chi connectivity index (χ0) is 5.28. The van der Waals surface area contributed by atoms with Crippen LogP contribution in [0.1, 0.15) is 6.92 Å². The summed E-state index contributed by atoms with van der Waals surface area (Å²) in [7, 11) is 0. The lowest BCUT2D eigenvalue weighted by atomic mass is 9.95. The van der Waals surface area contributed by atoms with Crippen LogP contribution >= 0.6 is 0 Å². The molecule has 1 N–H and O–H groups in total. The molecule has 2 atom stereocenters. The molecule has 0 radical (unpaired) electrons. The van der Waals surface area contributed by atoms with E-state index in [0.29, 0.717) is 6.04 Å². The minimum Gasteiger partial charge on any atom is -0.312 e. The van der Waals surface area contributed by atoms with Crippen LogP contribution in [0.25, 0.3) is 0 Å². The van der Waals surface area contributed by atoms with Crippen molar-refractivity contribution in [3.63, 3.8) is 0 Å². The van der Waals surface area contributed by atoms with Crippen molar-refractivity contribution in [2.45, 2.75) is 13.0 Å². The van der Waals surface area contributed by atoms with Crippen molar-refractivity contribution in [3.05, 3.63) is 0 Å². The van der Waals surface area contributed by atoms with E-state index in [1.807, 2.05) is 6.92 Å². The highest BCUT2D eigenvalue weighted by atomic mass is 15.0. The number of nitrogens with one attached hydrogen (secondary N) is 1. The minimum atomic E-state index is 0.278. The highest BCUT2D eigenvalue weighted by Crippen LogP contribution is 2.09. The summed E-state index contributed by atoms with van der Waals surface area (Å²) in [6, 6.07) is 2.62. The molecular weight excluding hydrogens is 88.1 g/mol. The second kappa shape index (κ2) is 1.51. The molecule has 0 bridgehead atoms. The Kier molecular flexibility index (Phi) is 0.994. The van der Waals surface area contributed by atoms with E-state index in [2.05, 4.69) is 11.4 Å². The molecule has 1 heterocycles. The lowest BCUT2D eigenvalue weighted by molar-refractivity contribution is 0.315. The fourth-order valence-corrected chi connectivity index (χ4v) is 0.629. The highest BCUT2D eigenvalue weighted by Gasteiger charge is 2.24. The summed E-state index contributed by atoms with van der Waals surface area (Å²) < 4.78 is 0. The molecule has 0 aromatic rings. The van der Waals surface area contributed by atoms with Gasteiger partial charge in [-0.1, -0.05) is 0 Å². The Bertz CT molecular complexity index is 103. The van der Waals surface area contributed by atoms with Crippen LogP contribution in [0, 0.1) is 17.2 Å². The normalized spacial score (nSPS) is 38.9. The fraction of sp³-hybridized carbons (Fsp3) is 0.800. The van der Waals surface area contributed by atoms with Crippen molar-refractivity contribution in [1.29, 1.82) is 5.26 Å². The molecule has 0 aliphatic carbocycles. The zero-order valence-electron chi connectivity index (χ0n) is 4.31. The Morgan fingerprint density at radius 2 is 2.57 bits per heavy atom. The van der Waals surface area contributed by atoms with Gasteiger partial charge in [0.2, 0.25) is 0 Å². The van der Waals surface area contributed by atoms with Crippen molar-refractivity contribution in [2.24, 2.45) is 5.92 Å². The summed E-state index contributed by atoms with van der Waals surface area (Å²) in [6.07, 6.45) is 0. The van der Waals surface area contributed by atoms with Crippen molar-refractivity contribution in [1.82, 2.24) is 5.32 Å². The third-order valence-corrected chi connectivity index (χ3v) is 1.43. The first-order valence-electron chi connectivity index (χ1n) is 2.47. The molecule has 0 saturated carbocycles. The predicted octanol–water partition coefficient (Wildman–Crippen LogP) is 0.118. The number of nitrogens with zero attached hydrogens (tertiary/aromatic N) is 1. The number of rotatable bonds is 0. The molecule has 0 aromatic carbocycles. The Hall–Kier alpha value is -0.550. The molecule has 1 rings (SSSR count). The monoisotopic (exact) mass is 96.1 g/mol. The van der Waals surface area contributed by atoms with Gasteiger partial charge in [-0.05, 0) is 6.92 Å². The maximum absolute atomic E-state index is 8.27. The van der Waals surface area contributed by atoms with Gasteiger partial charge in [0.25, 0.3) is 0 Å². The van der Waals surface area contributed by atoms with Gasteiger partial charge >= 0.3 is 0 Å². The van der Waals surface area contributed by atoms with Crippen LogP contribution < -0.4 is 5.32 Å². The molecule has 0 aromatic heterocycles. The molecule has 0 spiro atoms. The predicted molar refractivity (Wildman–Crippen MR) is 26.6 cm³/mol. The van der Waals surface area contributed by atoms with E-state index in [1.165, 1.54) is 0 Å². The van der Waals surface area contributed by atoms with Crippen molar-refractivity contribution in [3.8, 4) is 6.07 Å². The third-order valence-electron chi connectivity index (χ3n) is 1.43. The van der Waals surface area contributed by atoms with Crippen LogP contribution in [0.2, 0.25) is 0 Å². The maximum atomic E-state index is 8.27. The second-order valence-electron chi connectivity index (χ2n) is 1.93. The summed E-state index contributed by atoms with van der Waals surface area (Å²) in [6.45, 7) is 2.91. The molecule has 7 heavy (non-hydrogen) atoms. The number of hydrogen-bond donors (Lipinski definition) is 1. The Balaban J connectivity index is 2.33. The summed E-state index contributed by atoms with van der Waals surface area (Å²) in [5.41, 5.74) is 0. The summed E-state index contributed by atoms with van der Waals surface area (Å²) >= 11 is 0. The fourth-order valence-electron chi connectivity index (χ4n) is 0.629. The maximum Gasteiger partial charge on any atom is 0.0738 e. The Morgan fingerprint density at radius 1 is 1.86 bits per heavy atom. The average molecular weight is 96.1 g/mol. The molecule has 1 fully saturated rings. The van der Waals surface area contributed by atoms with Crippen LogP contribution in [0.5, 0.6) is 0 Å². The summed E-state index contributed by atoms with van der Waals surface area (Å²) in [5, 5.41) is 11.4. The van der Waals surface area contributed by atoms with Gasteiger partial charge in [0, 0.05) is 12.6 Å². The van der Waals surface area contributed by atoms with Crippen LogP contribution in [0.4, 0.5) is 0 Å². The van der Waals surface area contributed by atoms with E-state index in [9.17, 15) is 0 Å². The van der Waals surface area contributed by atoms with Gasteiger partial charge in [0.05, 0.1) is 12.0 Å². The smallest absolute Gasteiger partial charge is 0.0738 e. The molecule has 1 saturated heterocycles. The van der Waals surface area contributed by atoms with Crippen LogP contribution in [-0.2, 0) is 0 Å². The highest BCUT2D eigenvalue weighted by molar-refractivity contribution is 4.98. The van der Waals surface area contributed by atoms with Crippen molar-refractivity contribution in [2.75, 3.05) is 6.54 Å². The zero-order valence-corrected chi connectivity index (χ0v) is 4.31. The van der Waals surface area contributed by atoms with Gasteiger partial charge in [-0.25, -0.2) is 0 Å². The van der Waals surface area contributed by atoms with Gasteiger partial charge < -0.3 is 5.32 Å². The van der Waals surface area contributed by atoms with Gasteiger partial charge in [0.15, 0.2) is 0 Å². The van der Waals surface area contributed by atoms with Gasteiger partial charge in [-0.15, -0.1) is 0 Å². The largest absolute Gasteiger partial charge is 0.312 e. The standard InChI is InChI=1S/C5H8N2/c1-4-5(2-6)3-7-4/h4-5,7H,3H2,1H3/t4-,5?/m1/s1. The van der Waals surface area contributed by atoms with Crippen molar-refractivity contribution >= 4 is 0 Å². The topological polar surface area (TPSA) is 35.8 Å². The van der Waals surface area contributed by atoms with Crippen LogP contribution in [0.15, 0.2) is 0 Å². The first kappa shape index (κ1) is 4.61. The molecule has 2 heteroatoms. The van der Waals surface area contributed by atoms with Gasteiger partial charge in [0.1, 0.15) is 0 Å². The third kappa shape index (κ3) is 0.594. The first-order chi connectivity index (χ1) is 3.34. The van der Waals surface area contributed by atoms with Crippen molar-refractivity contribution < 1.29 is 0 Å². The van der Waals surface area contributed by atoms with Crippen LogP contribution in [0.3, 0.4) is 0 Å². The lowest BCUT2D eigenvalue weighted by Crippen LogP contribution is -2.49. The molecular formula is C5H8N2. The number of nitriles is 1. The Labute approximate surface area is 43.1 Å². The van der Waals surface area contributed by atoms with E-state index in [1.54, 1.807) is 0 Å². The van der Waals surface area contributed by atoms with E-state index in [4.69, 9.17) is 5.26 Å². The van der Waals surface area contributed by atoms with E-state index in [-0.39, 0.29) is 5.92 Å². The molecule has 1 unspecified atom stereocenters. The average Bonchev–Trinajstić information content (AvgIpc) is 1.65. The second-order valence-corrected chi connectivity index (χ2v) is 1.93. The lowest BCUT2D eigenvalue weighted by Gasteiger charge is -2.29. The molecule has 0 amide bonds. The minimum absolute atomic E-state index is 0.278. The Morgan fingerprint density at radius 3 is 2.57 bits per heavy atom. The summed E-state index contributed by atoms with van der Waals surface area (Å²) in [4.78, 5) is 0. The van der Waals surface area contributed by atoms with Crippen LogP contribution in [-0.4, -0.2) is 12.6 Å². The SMILES string of the molecule is C[C@H]1NCC1C#N. The first-order valence-corrected chi connectivity index (χ1v) is 2.47.